The average molecular weight is 375 g/mol. The summed E-state index contributed by atoms with van der Waals surface area (Å²) >= 11 is 5.90. The topological polar surface area (TPSA) is 45.5 Å². The molecule has 26 heavy (non-hydrogen) atoms. The van der Waals surface area contributed by atoms with Crippen LogP contribution in [-0.4, -0.2) is 30.4 Å². The van der Waals surface area contributed by atoms with Crippen LogP contribution in [0, 0.1) is 12.8 Å². The second kappa shape index (κ2) is 8.74. The number of piperidine rings is 1. The molecule has 0 saturated carbocycles. The molecule has 1 aromatic heterocycles. The SMILES string of the molecule is Cc1ccc([C@@H](CNC(=O)Cc2ccc(Cl)cc2)N2CCC(C)CC2)o1. The Bertz CT molecular complexity index is 718. The maximum atomic E-state index is 12.4. The van der Waals surface area contributed by atoms with Crippen molar-refractivity contribution >= 4 is 17.5 Å². The molecule has 1 saturated heterocycles. The molecular weight excluding hydrogens is 348 g/mol. The van der Waals surface area contributed by atoms with Crippen LogP contribution in [0.2, 0.25) is 5.02 Å². The van der Waals surface area contributed by atoms with Crippen LogP contribution >= 0.6 is 11.6 Å². The van der Waals surface area contributed by atoms with E-state index in [-0.39, 0.29) is 11.9 Å². The molecule has 1 aliphatic rings. The van der Waals surface area contributed by atoms with E-state index in [0.717, 1.165) is 36.1 Å². The van der Waals surface area contributed by atoms with Crippen LogP contribution in [0.4, 0.5) is 0 Å². The molecule has 5 heteroatoms. The molecule has 1 aromatic carbocycles. The average Bonchev–Trinajstić information content (AvgIpc) is 3.05. The standard InChI is InChI=1S/C21H27ClN2O2/c1-15-9-11-24(12-10-15)19(20-8-3-16(2)26-20)14-23-21(25)13-17-4-6-18(22)7-5-17/h3-8,15,19H,9-14H2,1-2H3,(H,23,25)/t19-/m1/s1. The molecule has 1 N–H and O–H groups in total. The highest BCUT2D eigenvalue weighted by Crippen LogP contribution is 2.27. The van der Waals surface area contributed by atoms with Crippen LogP contribution in [0.15, 0.2) is 40.8 Å². The number of amides is 1. The molecular formula is C21H27ClN2O2. The summed E-state index contributed by atoms with van der Waals surface area (Å²) in [4.78, 5) is 14.8. The molecule has 140 valence electrons. The van der Waals surface area contributed by atoms with Crippen molar-refractivity contribution in [1.29, 1.82) is 0 Å². The zero-order valence-electron chi connectivity index (χ0n) is 15.5. The van der Waals surface area contributed by atoms with Gasteiger partial charge < -0.3 is 9.73 Å². The predicted molar refractivity (Wildman–Crippen MR) is 104 cm³/mol. The fourth-order valence-electron chi connectivity index (χ4n) is 3.44. The van der Waals surface area contributed by atoms with Crippen molar-refractivity contribution in [2.24, 2.45) is 5.92 Å². The number of rotatable bonds is 6. The summed E-state index contributed by atoms with van der Waals surface area (Å²) in [5, 5.41) is 3.77. The van der Waals surface area contributed by atoms with Gasteiger partial charge in [0.1, 0.15) is 11.5 Å². The Morgan fingerprint density at radius 2 is 1.92 bits per heavy atom. The molecule has 4 nitrogen and oxygen atoms in total. The Morgan fingerprint density at radius 3 is 2.54 bits per heavy atom. The highest BCUT2D eigenvalue weighted by atomic mass is 35.5. The van der Waals surface area contributed by atoms with Gasteiger partial charge in [-0.05, 0) is 68.6 Å². The first-order valence-corrected chi connectivity index (χ1v) is 9.70. The number of benzene rings is 1. The van der Waals surface area contributed by atoms with Crippen molar-refractivity contribution in [3.8, 4) is 0 Å². The molecule has 1 amide bonds. The summed E-state index contributed by atoms with van der Waals surface area (Å²) in [6.07, 6.45) is 2.74. The number of hydrogen-bond donors (Lipinski definition) is 1. The molecule has 0 radical (unpaired) electrons. The predicted octanol–water partition coefficient (Wildman–Crippen LogP) is 4.37. The van der Waals surface area contributed by atoms with E-state index in [0.29, 0.717) is 18.0 Å². The van der Waals surface area contributed by atoms with Gasteiger partial charge in [0.25, 0.3) is 0 Å². The minimum Gasteiger partial charge on any atom is -0.465 e. The third-order valence-electron chi connectivity index (χ3n) is 5.12. The van der Waals surface area contributed by atoms with Gasteiger partial charge in [-0.2, -0.15) is 0 Å². The van der Waals surface area contributed by atoms with Gasteiger partial charge >= 0.3 is 0 Å². The Kier molecular flexibility index (Phi) is 6.38. The summed E-state index contributed by atoms with van der Waals surface area (Å²) in [6.45, 7) is 6.90. The van der Waals surface area contributed by atoms with Crippen LogP contribution in [0.1, 0.15) is 42.9 Å². The fourth-order valence-corrected chi connectivity index (χ4v) is 3.57. The molecule has 0 spiro atoms. The third kappa shape index (κ3) is 5.12. The maximum Gasteiger partial charge on any atom is 0.224 e. The van der Waals surface area contributed by atoms with Crippen molar-refractivity contribution in [3.05, 3.63) is 58.5 Å². The molecule has 1 aliphatic heterocycles. The first kappa shape index (κ1) is 19.0. The number of aryl methyl sites for hydroxylation is 1. The van der Waals surface area contributed by atoms with E-state index in [2.05, 4.69) is 17.1 Å². The second-order valence-electron chi connectivity index (χ2n) is 7.29. The lowest BCUT2D eigenvalue weighted by atomic mass is 9.97. The Balaban J connectivity index is 1.61. The first-order chi connectivity index (χ1) is 12.5. The lowest BCUT2D eigenvalue weighted by Crippen LogP contribution is -2.42. The van der Waals surface area contributed by atoms with Crippen LogP contribution in [-0.2, 0) is 11.2 Å². The minimum absolute atomic E-state index is 0.0194. The lowest BCUT2D eigenvalue weighted by molar-refractivity contribution is -0.120. The summed E-state index contributed by atoms with van der Waals surface area (Å²) in [5.41, 5.74) is 0.962. The molecule has 3 rings (SSSR count). The normalized spacial score (nSPS) is 17.2. The molecule has 0 aliphatic carbocycles. The van der Waals surface area contributed by atoms with Crippen LogP contribution < -0.4 is 5.32 Å². The largest absolute Gasteiger partial charge is 0.465 e. The second-order valence-corrected chi connectivity index (χ2v) is 7.73. The minimum atomic E-state index is 0.0194. The van der Waals surface area contributed by atoms with E-state index in [9.17, 15) is 4.79 Å². The Labute approximate surface area is 160 Å². The Hall–Kier alpha value is -1.78. The highest BCUT2D eigenvalue weighted by molar-refractivity contribution is 6.30. The van der Waals surface area contributed by atoms with Gasteiger partial charge in [-0.15, -0.1) is 0 Å². The molecule has 2 heterocycles. The van der Waals surface area contributed by atoms with E-state index in [4.69, 9.17) is 16.0 Å². The number of carbonyl (C=O) groups excluding carboxylic acids is 1. The molecule has 1 fully saturated rings. The number of likely N-dealkylation sites (tertiary alicyclic amines) is 1. The zero-order valence-corrected chi connectivity index (χ0v) is 16.3. The molecule has 1 atom stereocenters. The first-order valence-electron chi connectivity index (χ1n) is 9.33. The van der Waals surface area contributed by atoms with Crippen molar-refractivity contribution in [2.45, 2.75) is 39.2 Å². The van der Waals surface area contributed by atoms with Crippen LogP contribution in [0.3, 0.4) is 0 Å². The number of hydrogen-bond acceptors (Lipinski definition) is 3. The number of carbonyl (C=O) groups is 1. The highest BCUT2D eigenvalue weighted by Gasteiger charge is 2.27. The van der Waals surface area contributed by atoms with E-state index in [1.807, 2.05) is 43.3 Å². The summed E-state index contributed by atoms with van der Waals surface area (Å²) < 4.78 is 5.88. The monoisotopic (exact) mass is 374 g/mol. The zero-order chi connectivity index (χ0) is 18.5. The van der Waals surface area contributed by atoms with Gasteiger partial charge in [0.15, 0.2) is 0 Å². The smallest absolute Gasteiger partial charge is 0.224 e. The fraction of sp³-hybridized carbons (Fsp3) is 0.476. The maximum absolute atomic E-state index is 12.4. The number of nitrogens with zero attached hydrogens (tertiary/aromatic N) is 1. The number of halogens is 1. The Morgan fingerprint density at radius 1 is 1.23 bits per heavy atom. The van der Waals surface area contributed by atoms with Crippen LogP contribution in [0.5, 0.6) is 0 Å². The van der Waals surface area contributed by atoms with Gasteiger partial charge in [-0.1, -0.05) is 30.7 Å². The van der Waals surface area contributed by atoms with Gasteiger partial charge in [0.05, 0.1) is 12.5 Å². The van der Waals surface area contributed by atoms with Gasteiger partial charge in [-0.3, -0.25) is 9.69 Å². The van der Waals surface area contributed by atoms with Crippen molar-refractivity contribution in [1.82, 2.24) is 10.2 Å². The van der Waals surface area contributed by atoms with Crippen molar-refractivity contribution in [3.63, 3.8) is 0 Å². The van der Waals surface area contributed by atoms with Crippen LogP contribution in [0.25, 0.3) is 0 Å². The summed E-state index contributed by atoms with van der Waals surface area (Å²) in [6, 6.07) is 11.5. The number of nitrogens with one attached hydrogen (secondary N) is 1. The summed E-state index contributed by atoms with van der Waals surface area (Å²) in [7, 11) is 0. The van der Waals surface area contributed by atoms with Gasteiger partial charge in [0, 0.05) is 11.6 Å². The molecule has 0 bridgehead atoms. The van der Waals surface area contributed by atoms with Gasteiger partial charge in [0.2, 0.25) is 5.91 Å². The van der Waals surface area contributed by atoms with E-state index >= 15 is 0 Å². The van der Waals surface area contributed by atoms with Crippen molar-refractivity contribution < 1.29 is 9.21 Å². The van der Waals surface area contributed by atoms with Crippen molar-refractivity contribution in [2.75, 3.05) is 19.6 Å². The lowest BCUT2D eigenvalue weighted by Gasteiger charge is -2.35. The van der Waals surface area contributed by atoms with E-state index in [1.165, 1.54) is 12.8 Å². The third-order valence-corrected chi connectivity index (χ3v) is 5.37. The van der Waals surface area contributed by atoms with Gasteiger partial charge in [-0.25, -0.2) is 0 Å². The quantitative estimate of drug-likeness (QED) is 0.816. The molecule has 0 unspecified atom stereocenters. The van der Waals surface area contributed by atoms with E-state index in [1.54, 1.807) is 0 Å². The molecule has 2 aromatic rings. The van der Waals surface area contributed by atoms with E-state index < -0.39 is 0 Å². The number of furan rings is 1. The summed E-state index contributed by atoms with van der Waals surface area (Å²) in [5.74, 6) is 2.63.